The van der Waals surface area contributed by atoms with Gasteiger partial charge in [-0.2, -0.15) is 0 Å². The molecule has 0 amide bonds. The van der Waals surface area contributed by atoms with Crippen molar-refractivity contribution in [3.05, 3.63) is 57.8 Å². The Bertz CT molecular complexity index is 729. The van der Waals surface area contributed by atoms with Crippen LogP contribution in [-0.4, -0.2) is 5.78 Å². The molecule has 0 saturated heterocycles. The topological polar surface area (TPSA) is 17.1 Å². The van der Waals surface area contributed by atoms with Crippen LogP contribution >= 0.6 is 22.7 Å². The molecule has 0 aliphatic carbocycles. The Morgan fingerprint density at radius 3 is 2.79 bits per heavy atom. The van der Waals surface area contributed by atoms with Crippen molar-refractivity contribution < 1.29 is 13.6 Å². The number of halogens is 2. The summed E-state index contributed by atoms with van der Waals surface area (Å²) < 4.78 is 28.7. The summed E-state index contributed by atoms with van der Waals surface area (Å²) in [6.07, 6.45) is -0.114. The predicted octanol–water partition coefficient (Wildman–Crippen LogP) is 4.67. The molecule has 0 saturated carbocycles. The van der Waals surface area contributed by atoms with E-state index in [1.807, 2.05) is 17.5 Å². The number of ketones is 1. The Hall–Kier alpha value is -1.59. The lowest BCUT2D eigenvalue weighted by atomic mass is 10.1. The van der Waals surface area contributed by atoms with E-state index >= 15 is 0 Å². The monoisotopic (exact) mass is 294 g/mol. The molecule has 0 atom stereocenters. The van der Waals surface area contributed by atoms with Crippen LogP contribution in [0.15, 0.2) is 35.7 Å². The van der Waals surface area contributed by atoms with Crippen LogP contribution in [0.2, 0.25) is 0 Å². The van der Waals surface area contributed by atoms with E-state index < -0.39 is 11.6 Å². The highest BCUT2D eigenvalue weighted by Gasteiger charge is 2.15. The summed E-state index contributed by atoms with van der Waals surface area (Å²) in [4.78, 5) is 12.7. The van der Waals surface area contributed by atoms with Gasteiger partial charge in [0, 0.05) is 15.8 Å². The first-order valence-electron chi connectivity index (χ1n) is 5.58. The maximum absolute atomic E-state index is 13.5. The summed E-state index contributed by atoms with van der Waals surface area (Å²) in [5.41, 5.74) is 0.0988. The van der Waals surface area contributed by atoms with E-state index in [4.69, 9.17) is 0 Å². The van der Waals surface area contributed by atoms with Gasteiger partial charge in [-0.3, -0.25) is 4.79 Å². The standard InChI is InChI=1S/C14H8F2OS2/c15-9-3-1-2-8(14(9)16)6-10(17)12-7-13-11(19-12)4-5-18-13/h1-5,7H,6H2. The maximum Gasteiger partial charge on any atom is 0.177 e. The average molecular weight is 294 g/mol. The van der Waals surface area contributed by atoms with Crippen molar-refractivity contribution in [2.75, 3.05) is 0 Å². The molecule has 0 spiro atoms. The molecule has 19 heavy (non-hydrogen) atoms. The van der Waals surface area contributed by atoms with E-state index in [1.165, 1.54) is 23.5 Å². The third-order valence-electron chi connectivity index (χ3n) is 2.80. The number of carbonyl (C=O) groups excluding carboxylic acids is 1. The number of hydrogen-bond acceptors (Lipinski definition) is 3. The minimum absolute atomic E-state index is 0.0988. The van der Waals surface area contributed by atoms with Gasteiger partial charge in [0.2, 0.25) is 0 Å². The SMILES string of the molecule is O=C(Cc1cccc(F)c1F)c1cc2sccc2s1. The van der Waals surface area contributed by atoms with Gasteiger partial charge in [-0.1, -0.05) is 12.1 Å². The third-order valence-corrected chi connectivity index (χ3v) is 4.93. The van der Waals surface area contributed by atoms with Crippen molar-refractivity contribution in [2.24, 2.45) is 0 Å². The number of fused-ring (bicyclic) bond motifs is 1. The summed E-state index contributed by atoms with van der Waals surface area (Å²) in [5, 5.41) is 1.96. The molecule has 0 N–H and O–H groups in total. The summed E-state index contributed by atoms with van der Waals surface area (Å²) in [7, 11) is 0. The molecule has 0 aliphatic rings. The van der Waals surface area contributed by atoms with Crippen LogP contribution in [0, 0.1) is 11.6 Å². The predicted molar refractivity (Wildman–Crippen MR) is 74.1 cm³/mol. The van der Waals surface area contributed by atoms with Gasteiger partial charge in [-0.25, -0.2) is 8.78 Å². The zero-order valence-corrected chi connectivity index (χ0v) is 11.3. The van der Waals surface area contributed by atoms with Crippen molar-refractivity contribution >= 4 is 37.9 Å². The highest BCUT2D eigenvalue weighted by Crippen LogP contribution is 2.30. The molecule has 1 aromatic carbocycles. The van der Waals surface area contributed by atoms with E-state index in [9.17, 15) is 13.6 Å². The fourth-order valence-electron chi connectivity index (χ4n) is 1.85. The smallest absolute Gasteiger partial charge is 0.177 e. The molecule has 0 radical (unpaired) electrons. The Labute approximate surface area is 116 Å². The van der Waals surface area contributed by atoms with E-state index in [0.717, 1.165) is 15.5 Å². The van der Waals surface area contributed by atoms with Crippen molar-refractivity contribution in [1.29, 1.82) is 0 Å². The Kier molecular flexibility index (Phi) is 3.16. The number of rotatable bonds is 3. The maximum atomic E-state index is 13.5. The van der Waals surface area contributed by atoms with E-state index in [-0.39, 0.29) is 17.8 Å². The van der Waals surface area contributed by atoms with Crippen LogP contribution < -0.4 is 0 Å². The molecule has 0 fully saturated rings. The Balaban J connectivity index is 1.89. The molecule has 2 heterocycles. The number of benzene rings is 1. The van der Waals surface area contributed by atoms with Gasteiger partial charge in [0.15, 0.2) is 17.4 Å². The largest absolute Gasteiger partial charge is 0.293 e. The van der Waals surface area contributed by atoms with E-state index in [0.29, 0.717) is 4.88 Å². The Morgan fingerprint density at radius 1 is 1.16 bits per heavy atom. The van der Waals surface area contributed by atoms with Gasteiger partial charge in [0.05, 0.1) is 4.88 Å². The quantitative estimate of drug-likeness (QED) is 0.642. The van der Waals surface area contributed by atoms with Crippen LogP contribution in [0.3, 0.4) is 0 Å². The molecule has 1 nitrogen and oxygen atoms in total. The molecule has 3 rings (SSSR count). The second-order valence-electron chi connectivity index (χ2n) is 4.07. The van der Waals surface area contributed by atoms with Gasteiger partial charge >= 0.3 is 0 Å². The highest BCUT2D eigenvalue weighted by molar-refractivity contribution is 7.27. The Morgan fingerprint density at radius 2 is 2.00 bits per heavy atom. The van der Waals surface area contributed by atoms with Crippen LogP contribution in [0.5, 0.6) is 0 Å². The first-order chi connectivity index (χ1) is 9.15. The van der Waals surface area contributed by atoms with Gasteiger partial charge in [0.1, 0.15) is 0 Å². The fourth-order valence-corrected chi connectivity index (χ4v) is 3.89. The molecule has 2 aromatic heterocycles. The lowest BCUT2D eigenvalue weighted by molar-refractivity contribution is 0.0995. The lowest BCUT2D eigenvalue weighted by Gasteiger charge is -2.01. The third kappa shape index (κ3) is 2.31. The summed E-state index contributed by atoms with van der Waals surface area (Å²) >= 11 is 2.95. The second kappa shape index (κ2) is 4.83. The second-order valence-corrected chi connectivity index (χ2v) is 6.10. The number of carbonyl (C=O) groups is 1. The first kappa shape index (κ1) is 12.4. The molecule has 0 unspecified atom stereocenters. The summed E-state index contributed by atoms with van der Waals surface area (Å²) in [6.45, 7) is 0. The molecule has 5 heteroatoms. The van der Waals surface area contributed by atoms with Crippen LogP contribution in [0.4, 0.5) is 8.78 Å². The first-order valence-corrected chi connectivity index (χ1v) is 7.28. The van der Waals surface area contributed by atoms with Crippen LogP contribution in [0.1, 0.15) is 15.2 Å². The minimum Gasteiger partial charge on any atom is -0.293 e. The average Bonchev–Trinajstić information content (AvgIpc) is 2.95. The van der Waals surface area contributed by atoms with Gasteiger partial charge in [-0.15, -0.1) is 22.7 Å². The van der Waals surface area contributed by atoms with Crippen molar-refractivity contribution in [1.82, 2.24) is 0 Å². The number of hydrogen-bond donors (Lipinski definition) is 0. The lowest BCUT2D eigenvalue weighted by Crippen LogP contribution is -2.04. The molecule has 3 aromatic rings. The fraction of sp³-hybridized carbons (Fsp3) is 0.0714. The van der Waals surface area contributed by atoms with Crippen molar-refractivity contribution in [2.45, 2.75) is 6.42 Å². The van der Waals surface area contributed by atoms with E-state index in [1.54, 1.807) is 11.3 Å². The van der Waals surface area contributed by atoms with Crippen molar-refractivity contribution in [3.8, 4) is 0 Å². The summed E-state index contributed by atoms with van der Waals surface area (Å²) in [5.74, 6) is -2.04. The van der Waals surface area contributed by atoms with Crippen LogP contribution in [-0.2, 0) is 6.42 Å². The zero-order valence-electron chi connectivity index (χ0n) is 9.65. The van der Waals surface area contributed by atoms with Gasteiger partial charge in [-0.05, 0) is 29.1 Å². The van der Waals surface area contributed by atoms with Crippen molar-refractivity contribution in [3.63, 3.8) is 0 Å². The summed E-state index contributed by atoms with van der Waals surface area (Å²) in [6, 6.07) is 7.65. The number of Topliss-reactive ketones (excluding diaryl/α,β-unsaturated/α-hetero) is 1. The normalized spacial score (nSPS) is 11.1. The molecular formula is C14H8F2OS2. The highest BCUT2D eigenvalue weighted by atomic mass is 32.1. The molecule has 96 valence electrons. The van der Waals surface area contributed by atoms with Crippen LogP contribution in [0.25, 0.3) is 9.40 Å². The molecule has 0 bridgehead atoms. The van der Waals surface area contributed by atoms with E-state index in [2.05, 4.69) is 0 Å². The number of thiophene rings is 2. The zero-order chi connectivity index (χ0) is 13.4. The molecule has 0 aliphatic heterocycles. The molecular weight excluding hydrogens is 286 g/mol. The van der Waals surface area contributed by atoms with Gasteiger partial charge in [0.25, 0.3) is 0 Å². The van der Waals surface area contributed by atoms with Gasteiger partial charge < -0.3 is 0 Å². The minimum atomic E-state index is -0.936.